The number of aliphatic hydroxyl groups is 18. The molecule has 28 nitrogen and oxygen atoms in total. The molecule has 88 heavy (non-hydrogen) atoms. The van der Waals surface area contributed by atoms with Gasteiger partial charge in [-0.05, 0) is 112 Å². The van der Waals surface area contributed by atoms with Crippen LogP contribution in [-0.4, -0.2) is 296 Å². The lowest BCUT2D eigenvalue weighted by Gasteiger charge is -2.66. The highest BCUT2D eigenvalue weighted by Crippen LogP contribution is 2.75. The first-order valence-corrected chi connectivity index (χ1v) is 31.5. The molecule has 28 heteroatoms. The molecule has 4 aliphatic carbocycles. The van der Waals surface area contributed by atoms with Crippen LogP contribution in [0.4, 0.5) is 0 Å². The molecule has 0 radical (unpaired) electrons. The molecular weight excluding hydrogens is 1170 g/mol. The normalized spacial score (nSPS) is 51.4. The van der Waals surface area contributed by atoms with Gasteiger partial charge in [-0.3, -0.25) is 0 Å². The summed E-state index contributed by atoms with van der Waals surface area (Å²) in [5.74, 6) is 0.828. The summed E-state index contributed by atoms with van der Waals surface area (Å²) in [4.78, 5) is 0. The van der Waals surface area contributed by atoms with E-state index < -0.39 is 210 Å². The standard InChI is InChI=1S/C60H102O28/c1-24(9-13-35(57(4,5)78)87-55-50(88-54-49(77)43(71)38(66)30(21-63)83-54)45(73)40(68)32(85-55)23-80-52-47(75)42(70)37(65)29(20-62)82-52)25-15-16-60(8)33-12-10-26-27(58(33,6)17-18-59(25,60)7)11-14-34(56(26,2)3)86-53-48(76)44(72)39(67)31(84-53)22-79-51-46(74)41(69)36(64)28(19-61)81-51/h10,24-25,27-55,61-78H,9,11-23H2,1-8H3/t24-,25?,27?,28-,29-,30-,31-,32-,33?,34+,35-,36-,37-,38-,39-,40-,41+,42+,43+,44+,45+,46-,47-,48-,49-,50-,51-,52-,53+,54+,55+,58+,59-,60+/m1/s1. The molecule has 34 atom stereocenters. The van der Waals surface area contributed by atoms with E-state index in [1.807, 2.05) is 0 Å². The Morgan fingerprint density at radius 3 is 1.44 bits per heavy atom. The maximum atomic E-state index is 11.8. The first-order valence-electron chi connectivity index (χ1n) is 31.5. The van der Waals surface area contributed by atoms with Gasteiger partial charge in [0.2, 0.25) is 0 Å². The first-order chi connectivity index (χ1) is 41.2. The fourth-order valence-electron chi connectivity index (χ4n) is 17.0. The second kappa shape index (κ2) is 27.4. The lowest BCUT2D eigenvalue weighted by atomic mass is 9.39. The molecule has 9 aliphatic rings. The van der Waals surface area contributed by atoms with Crippen LogP contribution in [0.3, 0.4) is 0 Å². The number of hydrogen-bond donors (Lipinski definition) is 18. The van der Waals surface area contributed by atoms with Gasteiger partial charge in [0.1, 0.15) is 122 Å². The fourth-order valence-corrected chi connectivity index (χ4v) is 17.0. The first kappa shape index (κ1) is 70.9. The molecule has 5 aliphatic heterocycles. The molecule has 5 saturated heterocycles. The van der Waals surface area contributed by atoms with Gasteiger partial charge in [-0.25, -0.2) is 0 Å². The van der Waals surface area contributed by atoms with Gasteiger partial charge < -0.3 is 139 Å². The molecule has 0 aromatic heterocycles. The number of hydrogen-bond acceptors (Lipinski definition) is 28. The van der Waals surface area contributed by atoms with E-state index in [-0.39, 0.29) is 40.4 Å². The number of ether oxygens (including phenoxy) is 10. The van der Waals surface area contributed by atoms with Gasteiger partial charge in [0.25, 0.3) is 0 Å². The van der Waals surface area contributed by atoms with E-state index in [9.17, 15) is 91.9 Å². The molecule has 8 fully saturated rings. The largest absolute Gasteiger partial charge is 0.394 e. The number of aliphatic hydroxyl groups excluding tert-OH is 17. The molecule has 0 spiro atoms. The summed E-state index contributed by atoms with van der Waals surface area (Å²) in [5, 5.41) is 192. The van der Waals surface area contributed by atoms with Crippen molar-refractivity contribution < 1.29 is 139 Å². The predicted molar refractivity (Wildman–Crippen MR) is 299 cm³/mol. The van der Waals surface area contributed by atoms with Crippen LogP contribution in [0.2, 0.25) is 0 Å². The molecule has 510 valence electrons. The van der Waals surface area contributed by atoms with Gasteiger partial charge in [0.15, 0.2) is 31.5 Å². The summed E-state index contributed by atoms with van der Waals surface area (Å²) in [7, 11) is 0. The van der Waals surface area contributed by atoms with E-state index in [2.05, 4.69) is 47.6 Å². The quantitative estimate of drug-likeness (QED) is 0.0512. The van der Waals surface area contributed by atoms with Gasteiger partial charge >= 0.3 is 0 Å². The highest BCUT2D eigenvalue weighted by molar-refractivity contribution is 5.30. The maximum absolute atomic E-state index is 11.8. The van der Waals surface area contributed by atoms with Crippen molar-refractivity contribution in [3.63, 3.8) is 0 Å². The minimum Gasteiger partial charge on any atom is -0.394 e. The number of rotatable bonds is 20. The van der Waals surface area contributed by atoms with Crippen molar-refractivity contribution in [2.75, 3.05) is 33.0 Å². The van der Waals surface area contributed by atoms with Crippen molar-refractivity contribution in [3.8, 4) is 0 Å². The number of fused-ring (bicyclic) bond motifs is 5. The Balaban J connectivity index is 0.871. The topological polar surface area (TPSA) is 456 Å². The third-order valence-corrected chi connectivity index (χ3v) is 22.8. The van der Waals surface area contributed by atoms with Crippen molar-refractivity contribution in [1.82, 2.24) is 0 Å². The van der Waals surface area contributed by atoms with Crippen LogP contribution in [0.1, 0.15) is 113 Å². The molecule has 9 rings (SSSR count). The van der Waals surface area contributed by atoms with Crippen molar-refractivity contribution in [3.05, 3.63) is 11.6 Å². The van der Waals surface area contributed by atoms with Crippen LogP contribution < -0.4 is 0 Å². The average Bonchev–Trinajstić information content (AvgIpc) is 1.42. The summed E-state index contributed by atoms with van der Waals surface area (Å²) >= 11 is 0. The SMILES string of the molecule is C[C@H](CC[C@@H](O[C@@H]1O[C@H](CO[C@@H]2O[C@H](CO)[C@@H](O)[C@H](O)[C@H]2O)[C@@H](O)[C@H](O)[C@H]1O[C@@H]1O[C@H](CO)[C@@H](O)[C@H](O)[C@H]1O)C(C)(C)O)C1CC[C@@]2(C)C3CC=C4C(CC[C@H](O[C@@H]5O[C@H](CO[C@@H]6O[C@H](CO)[C@@H](O)[C@H](O)[C@H]6O)[C@@H](O)[C@H](O)[C@H]5O)C4(C)C)[C@]3(C)CC[C@]12C. The van der Waals surface area contributed by atoms with Crippen LogP contribution in [0.5, 0.6) is 0 Å². The zero-order valence-electron chi connectivity index (χ0n) is 51.5. The van der Waals surface area contributed by atoms with Crippen LogP contribution >= 0.6 is 0 Å². The number of allylic oxidation sites excluding steroid dienone is 1. The predicted octanol–water partition coefficient (Wildman–Crippen LogP) is -4.38. The molecule has 0 amide bonds. The highest BCUT2D eigenvalue weighted by atomic mass is 16.8. The van der Waals surface area contributed by atoms with Crippen molar-refractivity contribution in [2.24, 2.45) is 45.3 Å². The molecule has 5 heterocycles. The molecule has 0 aromatic carbocycles. The van der Waals surface area contributed by atoms with Crippen molar-refractivity contribution in [2.45, 2.75) is 285 Å². The van der Waals surface area contributed by atoms with Crippen molar-refractivity contribution in [1.29, 1.82) is 0 Å². The summed E-state index contributed by atoms with van der Waals surface area (Å²) < 4.78 is 59.5. The van der Waals surface area contributed by atoms with Crippen LogP contribution in [-0.2, 0) is 47.4 Å². The van der Waals surface area contributed by atoms with Gasteiger partial charge in [0.05, 0.1) is 50.8 Å². The maximum Gasteiger partial charge on any atom is 0.187 e. The van der Waals surface area contributed by atoms with Crippen LogP contribution in [0, 0.1) is 45.3 Å². The fraction of sp³-hybridized carbons (Fsp3) is 0.967. The van der Waals surface area contributed by atoms with Gasteiger partial charge in [-0.1, -0.05) is 53.2 Å². The second-order valence-electron chi connectivity index (χ2n) is 28.6. The smallest absolute Gasteiger partial charge is 0.187 e. The second-order valence-corrected chi connectivity index (χ2v) is 28.6. The zero-order valence-corrected chi connectivity index (χ0v) is 51.5. The van der Waals surface area contributed by atoms with Gasteiger partial charge in [-0.2, -0.15) is 0 Å². The minimum atomic E-state index is -1.93. The zero-order chi connectivity index (χ0) is 64.7. The van der Waals surface area contributed by atoms with E-state index >= 15 is 0 Å². The van der Waals surface area contributed by atoms with Gasteiger partial charge in [-0.15, -0.1) is 0 Å². The molecular formula is C60H102O28. The Bertz CT molecular complexity index is 2310. The molecule has 0 bridgehead atoms. The van der Waals surface area contributed by atoms with E-state index in [0.29, 0.717) is 18.8 Å². The average molecular weight is 1270 g/mol. The third-order valence-electron chi connectivity index (χ3n) is 22.8. The van der Waals surface area contributed by atoms with Crippen molar-refractivity contribution >= 4 is 0 Å². The van der Waals surface area contributed by atoms with E-state index in [4.69, 9.17) is 47.4 Å². The molecule has 3 saturated carbocycles. The Morgan fingerprint density at radius 2 is 0.943 bits per heavy atom. The highest BCUT2D eigenvalue weighted by Gasteiger charge is 2.68. The van der Waals surface area contributed by atoms with E-state index in [1.54, 1.807) is 13.8 Å². The monoisotopic (exact) mass is 1270 g/mol. The van der Waals surface area contributed by atoms with Crippen LogP contribution in [0.15, 0.2) is 11.6 Å². The van der Waals surface area contributed by atoms with E-state index in [0.717, 1.165) is 38.5 Å². The summed E-state index contributed by atoms with van der Waals surface area (Å²) in [5.41, 5.74) is -1.21. The Kier molecular flexibility index (Phi) is 22.1. The summed E-state index contributed by atoms with van der Waals surface area (Å²) in [6.07, 6.45) is -33.6. The summed E-state index contributed by atoms with van der Waals surface area (Å²) in [6, 6.07) is 0. The Hall–Kier alpha value is -1.38. The lowest BCUT2D eigenvalue weighted by Crippen LogP contribution is -2.65. The van der Waals surface area contributed by atoms with Crippen LogP contribution in [0.25, 0.3) is 0 Å². The molecule has 3 unspecified atom stereocenters. The van der Waals surface area contributed by atoms with Gasteiger partial charge in [0, 0.05) is 5.41 Å². The summed E-state index contributed by atoms with van der Waals surface area (Å²) in [6.45, 7) is 13.5. The minimum absolute atomic E-state index is 0.0854. The van der Waals surface area contributed by atoms with E-state index in [1.165, 1.54) is 5.57 Å². The lowest BCUT2D eigenvalue weighted by molar-refractivity contribution is -0.380. The molecule has 18 N–H and O–H groups in total. The Labute approximate surface area is 512 Å². The third kappa shape index (κ3) is 13.0. The molecule has 0 aromatic rings. The Morgan fingerprint density at radius 1 is 0.500 bits per heavy atom.